The Kier molecular flexibility index (Phi) is 4.50. The van der Waals surface area contributed by atoms with Gasteiger partial charge in [-0.3, -0.25) is 15.0 Å². The van der Waals surface area contributed by atoms with Crippen LogP contribution >= 0.6 is 0 Å². The van der Waals surface area contributed by atoms with Crippen LogP contribution in [-0.4, -0.2) is 22.9 Å². The van der Waals surface area contributed by atoms with E-state index in [0.717, 1.165) is 10.6 Å². The number of nitrogens with one attached hydrogen (secondary N) is 2. The third kappa shape index (κ3) is 3.06. The first kappa shape index (κ1) is 17.7. The lowest BCUT2D eigenvalue weighted by atomic mass is 9.92. The number of rotatable bonds is 4. The van der Waals surface area contributed by atoms with Crippen molar-refractivity contribution in [3.8, 4) is 0 Å². The quantitative estimate of drug-likeness (QED) is 0.832. The van der Waals surface area contributed by atoms with Crippen LogP contribution < -0.4 is 10.7 Å². The molecule has 1 unspecified atom stereocenters. The van der Waals surface area contributed by atoms with Crippen molar-refractivity contribution in [1.82, 2.24) is 15.8 Å². The molecule has 0 aromatic heterocycles. The molecule has 4 amide bonds. The molecule has 26 heavy (non-hydrogen) atoms. The molecule has 0 saturated carbocycles. The highest BCUT2D eigenvalue weighted by Gasteiger charge is 2.50. The molecule has 6 nitrogen and oxygen atoms in total. The Hall–Kier alpha value is -3.15. The van der Waals surface area contributed by atoms with Crippen molar-refractivity contribution in [3.05, 3.63) is 71.3 Å². The summed E-state index contributed by atoms with van der Waals surface area (Å²) in [4.78, 5) is 37.5. The highest BCUT2D eigenvalue weighted by Crippen LogP contribution is 2.27. The Balaban J connectivity index is 1.78. The van der Waals surface area contributed by atoms with Gasteiger partial charge in [0.05, 0.1) is 0 Å². The van der Waals surface area contributed by atoms with E-state index in [1.54, 1.807) is 43.3 Å². The molecule has 6 heteroatoms. The second kappa shape index (κ2) is 6.63. The average molecular weight is 351 g/mol. The molecule has 0 spiro atoms. The van der Waals surface area contributed by atoms with E-state index in [1.807, 2.05) is 18.2 Å². The highest BCUT2D eigenvalue weighted by atomic mass is 16.2. The summed E-state index contributed by atoms with van der Waals surface area (Å²) in [6.07, 6.45) is 0. The van der Waals surface area contributed by atoms with Crippen molar-refractivity contribution >= 4 is 17.8 Å². The van der Waals surface area contributed by atoms with E-state index < -0.39 is 23.4 Å². The van der Waals surface area contributed by atoms with Crippen LogP contribution in [0.1, 0.15) is 48.2 Å². The Bertz CT molecular complexity index is 846. The standard InChI is InChI=1S/C20H21N3O3/c1-13(2)14-9-11-15(12-10-14)17(24)22-23-18(25)20(3,21-19(23)26)16-7-5-4-6-8-16/h4-13H,1-3H3,(H,21,26)(H,22,24). The van der Waals surface area contributed by atoms with Crippen molar-refractivity contribution in [3.63, 3.8) is 0 Å². The van der Waals surface area contributed by atoms with Gasteiger partial charge in [-0.2, -0.15) is 5.01 Å². The number of amides is 4. The fraction of sp³-hybridized carbons (Fsp3) is 0.250. The van der Waals surface area contributed by atoms with Gasteiger partial charge in [-0.05, 0) is 36.1 Å². The van der Waals surface area contributed by atoms with Gasteiger partial charge in [0.1, 0.15) is 5.54 Å². The molecule has 1 aliphatic heterocycles. The van der Waals surface area contributed by atoms with Crippen molar-refractivity contribution in [2.45, 2.75) is 32.2 Å². The molecule has 0 aliphatic carbocycles. The van der Waals surface area contributed by atoms with Gasteiger partial charge in [-0.25, -0.2) is 4.79 Å². The minimum absolute atomic E-state index is 0.352. The first-order valence-corrected chi connectivity index (χ1v) is 8.46. The van der Waals surface area contributed by atoms with E-state index in [0.29, 0.717) is 17.0 Å². The number of hydrogen-bond acceptors (Lipinski definition) is 3. The van der Waals surface area contributed by atoms with Gasteiger partial charge in [0.25, 0.3) is 11.8 Å². The van der Waals surface area contributed by atoms with E-state index in [4.69, 9.17) is 0 Å². The number of benzene rings is 2. The lowest BCUT2D eigenvalue weighted by molar-refractivity contribution is -0.132. The van der Waals surface area contributed by atoms with Crippen molar-refractivity contribution in [2.75, 3.05) is 0 Å². The predicted octanol–water partition coefficient (Wildman–Crippen LogP) is 2.92. The number of urea groups is 1. The summed E-state index contributed by atoms with van der Waals surface area (Å²) in [6, 6.07) is 15.3. The van der Waals surface area contributed by atoms with Crippen LogP contribution in [0.25, 0.3) is 0 Å². The average Bonchev–Trinajstić information content (AvgIpc) is 2.86. The predicted molar refractivity (Wildman–Crippen MR) is 97.2 cm³/mol. The molecule has 134 valence electrons. The van der Waals surface area contributed by atoms with Crippen LogP contribution in [0.2, 0.25) is 0 Å². The topological polar surface area (TPSA) is 78.5 Å². The van der Waals surface area contributed by atoms with Crippen LogP contribution in [0, 0.1) is 0 Å². The summed E-state index contributed by atoms with van der Waals surface area (Å²) in [5.41, 5.74) is 3.32. The number of carbonyl (C=O) groups excluding carboxylic acids is 3. The third-order valence-corrected chi connectivity index (χ3v) is 4.59. The van der Waals surface area contributed by atoms with E-state index in [1.165, 1.54) is 0 Å². The van der Waals surface area contributed by atoms with Crippen LogP contribution in [0.3, 0.4) is 0 Å². The maximum Gasteiger partial charge on any atom is 0.344 e. The number of hydrogen-bond donors (Lipinski definition) is 2. The number of carbonyl (C=O) groups is 3. The highest BCUT2D eigenvalue weighted by molar-refractivity contribution is 6.09. The van der Waals surface area contributed by atoms with Gasteiger partial charge >= 0.3 is 6.03 Å². The molecule has 1 atom stereocenters. The zero-order valence-electron chi connectivity index (χ0n) is 14.9. The lowest BCUT2D eigenvalue weighted by Gasteiger charge is -2.22. The SMILES string of the molecule is CC(C)c1ccc(C(=O)NN2C(=O)NC(C)(c3ccccc3)C2=O)cc1. The van der Waals surface area contributed by atoms with E-state index in [-0.39, 0.29) is 0 Å². The summed E-state index contributed by atoms with van der Waals surface area (Å²) in [6.45, 7) is 5.74. The molecule has 1 aliphatic rings. The van der Waals surface area contributed by atoms with Gasteiger partial charge < -0.3 is 5.32 Å². The zero-order chi connectivity index (χ0) is 18.9. The Morgan fingerprint density at radius 3 is 2.23 bits per heavy atom. The molecule has 1 saturated heterocycles. The molecule has 0 bridgehead atoms. The lowest BCUT2D eigenvalue weighted by Crippen LogP contribution is -2.47. The Morgan fingerprint density at radius 2 is 1.65 bits per heavy atom. The third-order valence-electron chi connectivity index (χ3n) is 4.59. The minimum atomic E-state index is -1.22. The first-order valence-electron chi connectivity index (χ1n) is 8.46. The maximum absolute atomic E-state index is 12.8. The van der Waals surface area contributed by atoms with Gasteiger partial charge in [0, 0.05) is 5.56 Å². The van der Waals surface area contributed by atoms with Crippen LogP contribution in [-0.2, 0) is 10.3 Å². The van der Waals surface area contributed by atoms with Gasteiger partial charge in [0.2, 0.25) is 0 Å². The van der Waals surface area contributed by atoms with E-state index in [2.05, 4.69) is 24.6 Å². The molecule has 0 radical (unpaired) electrons. The maximum atomic E-state index is 12.8. The van der Waals surface area contributed by atoms with Crippen molar-refractivity contribution < 1.29 is 14.4 Å². The van der Waals surface area contributed by atoms with Crippen LogP contribution in [0.5, 0.6) is 0 Å². The molecule has 1 fully saturated rings. The van der Waals surface area contributed by atoms with Crippen LogP contribution in [0.15, 0.2) is 54.6 Å². The summed E-state index contributed by atoms with van der Waals surface area (Å²) in [7, 11) is 0. The zero-order valence-corrected chi connectivity index (χ0v) is 14.9. The summed E-state index contributed by atoms with van der Waals surface area (Å²) < 4.78 is 0. The normalized spacial score (nSPS) is 19.6. The van der Waals surface area contributed by atoms with E-state index >= 15 is 0 Å². The minimum Gasteiger partial charge on any atom is -0.318 e. The summed E-state index contributed by atoms with van der Waals surface area (Å²) in [5.74, 6) is -0.688. The Morgan fingerprint density at radius 1 is 1.04 bits per heavy atom. The number of nitrogens with zero attached hydrogens (tertiary/aromatic N) is 1. The van der Waals surface area contributed by atoms with Crippen LogP contribution in [0.4, 0.5) is 4.79 Å². The second-order valence-corrected chi connectivity index (χ2v) is 6.78. The van der Waals surface area contributed by atoms with E-state index in [9.17, 15) is 14.4 Å². The molecule has 2 aromatic carbocycles. The molecule has 1 heterocycles. The summed E-state index contributed by atoms with van der Waals surface area (Å²) in [5, 5.41) is 3.39. The fourth-order valence-corrected chi connectivity index (χ4v) is 2.89. The smallest absolute Gasteiger partial charge is 0.318 e. The van der Waals surface area contributed by atoms with Gasteiger partial charge in [0.15, 0.2) is 0 Å². The molecular formula is C20H21N3O3. The fourth-order valence-electron chi connectivity index (χ4n) is 2.89. The molecule has 2 aromatic rings. The number of imide groups is 1. The molecule has 3 rings (SSSR count). The first-order chi connectivity index (χ1) is 12.3. The van der Waals surface area contributed by atoms with Gasteiger partial charge in [-0.1, -0.05) is 56.3 Å². The van der Waals surface area contributed by atoms with Crippen molar-refractivity contribution in [2.24, 2.45) is 0 Å². The Labute approximate surface area is 152 Å². The van der Waals surface area contributed by atoms with Gasteiger partial charge in [-0.15, -0.1) is 0 Å². The molecular weight excluding hydrogens is 330 g/mol. The van der Waals surface area contributed by atoms with Crippen molar-refractivity contribution in [1.29, 1.82) is 0 Å². The summed E-state index contributed by atoms with van der Waals surface area (Å²) >= 11 is 0. The second-order valence-electron chi connectivity index (χ2n) is 6.78. The largest absolute Gasteiger partial charge is 0.344 e. The molecule has 2 N–H and O–H groups in total. The monoisotopic (exact) mass is 351 g/mol. The number of hydrazine groups is 1.